The first kappa shape index (κ1) is 14.1. The number of rotatable bonds is 2. The first-order valence-corrected chi connectivity index (χ1v) is 4.34. The summed E-state index contributed by atoms with van der Waals surface area (Å²) in [6.07, 6.45) is -9.32. The van der Waals surface area contributed by atoms with E-state index in [2.05, 4.69) is 9.84 Å². The molecule has 0 amide bonds. The van der Waals surface area contributed by atoms with Crippen LogP contribution in [0.4, 0.5) is 26.3 Å². The highest BCUT2D eigenvalue weighted by atomic mass is 19.4. The van der Waals surface area contributed by atoms with E-state index in [1.54, 1.807) is 0 Å². The second-order valence-electron chi connectivity index (χ2n) is 3.08. The van der Waals surface area contributed by atoms with Crippen LogP contribution in [0.25, 0.3) is 0 Å². The van der Waals surface area contributed by atoms with Crippen LogP contribution in [0.5, 0.6) is 5.75 Å². The third-order valence-electron chi connectivity index (χ3n) is 1.76. The minimum absolute atomic E-state index is 0.0978. The van der Waals surface area contributed by atoms with Crippen molar-refractivity contribution in [3.05, 3.63) is 29.3 Å². The summed E-state index contributed by atoms with van der Waals surface area (Å²) < 4.78 is 76.6. The van der Waals surface area contributed by atoms with E-state index in [4.69, 9.17) is 5.84 Å². The zero-order valence-corrected chi connectivity index (χ0v) is 8.51. The van der Waals surface area contributed by atoms with E-state index in [1.807, 2.05) is 0 Å². The van der Waals surface area contributed by atoms with E-state index >= 15 is 0 Å². The SMILES string of the molecule is NN=Cc1ccc(OC(F)(F)F)c(C(F)(F)F)c1. The monoisotopic (exact) mass is 272 g/mol. The van der Waals surface area contributed by atoms with Gasteiger partial charge in [-0.2, -0.15) is 18.3 Å². The molecule has 0 unspecified atom stereocenters. The molecule has 0 fully saturated rings. The van der Waals surface area contributed by atoms with E-state index in [9.17, 15) is 26.3 Å². The normalized spacial score (nSPS) is 13.0. The molecule has 0 heterocycles. The molecule has 0 aliphatic rings. The summed E-state index contributed by atoms with van der Waals surface area (Å²) in [6, 6.07) is 1.97. The highest BCUT2D eigenvalue weighted by Crippen LogP contribution is 2.38. The molecule has 0 saturated carbocycles. The van der Waals surface area contributed by atoms with Gasteiger partial charge in [-0.05, 0) is 23.8 Å². The maximum atomic E-state index is 12.5. The van der Waals surface area contributed by atoms with Gasteiger partial charge in [0.2, 0.25) is 0 Å². The first-order chi connectivity index (χ1) is 8.13. The standard InChI is InChI=1S/C9H6F6N2O/c10-8(11,12)6-3-5(4-17-16)1-2-7(6)18-9(13,14)15/h1-4H,16H2. The van der Waals surface area contributed by atoms with Crippen molar-refractivity contribution in [3.8, 4) is 5.75 Å². The summed E-state index contributed by atoms with van der Waals surface area (Å²) in [6.45, 7) is 0. The minimum Gasteiger partial charge on any atom is -0.405 e. The second kappa shape index (κ2) is 4.75. The van der Waals surface area contributed by atoms with Gasteiger partial charge in [0, 0.05) is 0 Å². The summed E-state index contributed by atoms with van der Waals surface area (Å²) in [5, 5.41) is 2.98. The topological polar surface area (TPSA) is 47.6 Å². The lowest BCUT2D eigenvalue weighted by Crippen LogP contribution is -2.20. The van der Waals surface area contributed by atoms with Crippen LogP contribution in [0.3, 0.4) is 0 Å². The van der Waals surface area contributed by atoms with Crippen LogP contribution >= 0.6 is 0 Å². The Balaban J connectivity index is 3.26. The van der Waals surface area contributed by atoms with E-state index in [1.165, 1.54) is 0 Å². The zero-order chi connectivity index (χ0) is 14.0. The lowest BCUT2D eigenvalue weighted by atomic mass is 10.1. The molecule has 18 heavy (non-hydrogen) atoms. The van der Waals surface area contributed by atoms with Crippen LogP contribution in [-0.4, -0.2) is 12.6 Å². The van der Waals surface area contributed by atoms with Gasteiger partial charge in [-0.15, -0.1) is 13.2 Å². The van der Waals surface area contributed by atoms with Gasteiger partial charge in [-0.25, -0.2) is 0 Å². The van der Waals surface area contributed by atoms with Crippen LogP contribution in [0.2, 0.25) is 0 Å². The molecule has 0 spiro atoms. The third-order valence-corrected chi connectivity index (χ3v) is 1.76. The number of nitrogens with zero attached hydrogens (tertiary/aromatic N) is 1. The van der Waals surface area contributed by atoms with Crippen LogP contribution in [0.15, 0.2) is 23.3 Å². The fourth-order valence-corrected chi connectivity index (χ4v) is 1.15. The number of hydrogen-bond donors (Lipinski definition) is 1. The van der Waals surface area contributed by atoms with Crippen LogP contribution in [-0.2, 0) is 6.18 Å². The van der Waals surface area contributed by atoms with Crippen LogP contribution in [0, 0.1) is 0 Å². The van der Waals surface area contributed by atoms with Gasteiger partial charge < -0.3 is 10.6 Å². The van der Waals surface area contributed by atoms with Crippen molar-refractivity contribution in [1.29, 1.82) is 0 Å². The Hall–Kier alpha value is -1.93. The van der Waals surface area contributed by atoms with Crippen molar-refractivity contribution in [1.82, 2.24) is 0 Å². The van der Waals surface area contributed by atoms with Crippen molar-refractivity contribution in [2.24, 2.45) is 10.9 Å². The Bertz CT molecular complexity index is 451. The molecule has 0 saturated heterocycles. The number of benzene rings is 1. The summed E-state index contributed by atoms with van der Waals surface area (Å²) in [4.78, 5) is 0. The molecule has 1 aromatic rings. The van der Waals surface area contributed by atoms with Gasteiger partial charge in [0.05, 0.1) is 11.8 Å². The Kier molecular flexibility index (Phi) is 3.73. The van der Waals surface area contributed by atoms with E-state index < -0.39 is 23.9 Å². The third kappa shape index (κ3) is 3.82. The largest absolute Gasteiger partial charge is 0.573 e. The first-order valence-electron chi connectivity index (χ1n) is 4.34. The van der Waals surface area contributed by atoms with Gasteiger partial charge in [-0.1, -0.05) is 0 Å². The fourth-order valence-electron chi connectivity index (χ4n) is 1.15. The lowest BCUT2D eigenvalue weighted by molar-refractivity contribution is -0.276. The quantitative estimate of drug-likeness (QED) is 0.389. The van der Waals surface area contributed by atoms with Crippen molar-refractivity contribution < 1.29 is 31.1 Å². The number of nitrogens with two attached hydrogens (primary N) is 1. The lowest BCUT2D eigenvalue weighted by Gasteiger charge is -2.15. The van der Waals surface area contributed by atoms with Gasteiger partial charge in [0.25, 0.3) is 0 Å². The maximum absolute atomic E-state index is 12.5. The molecule has 100 valence electrons. The Labute approximate surface area is 96.8 Å². The molecule has 0 atom stereocenters. The summed E-state index contributed by atoms with van der Waals surface area (Å²) >= 11 is 0. The molecule has 0 aliphatic heterocycles. The Morgan fingerprint density at radius 1 is 1.11 bits per heavy atom. The van der Waals surface area contributed by atoms with Gasteiger partial charge >= 0.3 is 12.5 Å². The van der Waals surface area contributed by atoms with Crippen LogP contribution < -0.4 is 10.6 Å². The average Bonchev–Trinajstić information content (AvgIpc) is 2.17. The number of hydrazone groups is 1. The molecular weight excluding hydrogens is 266 g/mol. The number of halogens is 6. The highest BCUT2D eigenvalue weighted by Gasteiger charge is 2.39. The van der Waals surface area contributed by atoms with Crippen molar-refractivity contribution in [2.45, 2.75) is 12.5 Å². The number of alkyl halides is 6. The van der Waals surface area contributed by atoms with E-state index in [0.717, 1.165) is 12.3 Å². The van der Waals surface area contributed by atoms with Gasteiger partial charge in [0.15, 0.2) is 0 Å². The molecule has 3 nitrogen and oxygen atoms in total. The number of ether oxygens (including phenoxy) is 1. The summed E-state index contributed by atoms with van der Waals surface area (Å²) in [5.41, 5.74) is -1.66. The Morgan fingerprint density at radius 2 is 1.72 bits per heavy atom. The molecule has 0 aromatic heterocycles. The predicted molar refractivity (Wildman–Crippen MR) is 49.9 cm³/mol. The molecular formula is C9H6F6N2O. The minimum atomic E-state index is -5.20. The Morgan fingerprint density at radius 3 is 2.17 bits per heavy atom. The van der Waals surface area contributed by atoms with Crippen molar-refractivity contribution in [2.75, 3.05) is 0 Å². The molecule has 0 aliphatic carbocycles. The molecule has 0 radical (unpaired) electrons. The predicted octanol–water partition coefficient (Wildman–Crippen LogP) is 2.90. The average molecular weight is 272 g/mol. The fraction of sp³-hybridized carbons (Fsp3) is 0.222. The number of hydrogen-bond acceptors (Lipinski definition) is 3. The van der Waals surface area contributed by atoms with E-state index in [0.29, 0.717) is 12.1 Å². The van der Waals surface area contributed by atoms with E-state index in [-0.39, 0.29) is 5.56 Å². The van der Waals surface area contributed by atoms with Crippen molar-refractivity contribution >= 4 is 6.21 Å². The summed E-state index contributed by atoms with van der Waals surface area (Å²) in [5.74, 6) is 3.41. The van der Waals surface area contributed by atoms with Gasteiger partial charge in [-0.3, -0.25) is 0 Å². The molecule has 1 rings (SSSR count). The molecule has 0 bridgehead atoms. The molecule has 2 N–H and O–H groups in total. The maximum Gasteiger partial charge on any atom is 0.573 e. The van der Waals surface area contributed by atoms with Crippen molar-refractivity contribution in [3.63, 3.8) is 0 Å². The van der Waals surface area contributed by atoms with Crippen LogP contribution in [0.1, 0.15) is 11.1 Å². The molecule has 9 heteroatoms. The highest BCUT2D eigenvalue weighted by molar-refractivity contribution is 5.80. The second-order valence-corrected chi connectivity index (χ2v) is 3.08. The van der Waals surface area contributed by atoms with Gasteiger partial charge in [0.1, 0.15) is 5.75 Å². The molecule has 1 aromatic carbocycles. The summed E-state index contributed by atoms with van der Waals surface area (Å²) in [7, 11) is 0. The zero-order valence-electron chi connectivity index (χ0n) is 8.51. The smallest absolute Gasteiger partial charge is 0.405 e.